The predicted octanol–water partition coefficient (Wildman–Crippen LogP) is 4.25. The van der Waals surface area contributed by atoms with Crippen LogP contribution in [0.1, 0.15) is 52.2 Å². The highest BCUT2D eigenvalue weighted by Crippen LogP contribution is 2.24. The maximum Gasteiger partial charge on any atom is 0.347 e. The lowest BCUT2D eigenvalue weighted by atomic mass is 9.98. The summed E-state index contributed by atoms with van der Waals surface area (Å²) < 4.78 is 0. The van der Waals surface area contributed by atoms with Crippen molar-refractivity contribution in [2.24, 2.45) is 5.92 Å². The van der Waals surface area contributed by atoms with Gasteiger partial charge in [-0.1, -0.05) is 30.7 Å². The number of carbonyl (C=O) groups is 2. The summed E-state index contributed by atoms with van der Waals surface area (Å²) in [5.74, 6) is -0.879. The largest absolute Gasteiger partial charge is 0.477 e. The standard InChI is InChI=1S/C18H21ClN2O3S/c1-10(8-13-4-6-14(19)7-5-13)9-15(22)20-12(3)17-21-11(2)16(25-17)18(23)24/h4-7,10,12H,8-9H2,1-3H3,(H,20,22)(H,23,24). The van der Waals surface area contributed by atoms with Crippen LogP contribution in [0.5, 0.6) is 0 Å². The van der Waals surface area contributed by atoms with Gasteiger partial charge in [-0.2, -0.15) is 0 Å². The highest BCUT2D eigenvalue weighted by atomic mass is 35.5. The lowest BCUT2D eigenvalue weighted by molar-refractivity contribution is -0.122. The summed E-state index contributed by atoms with van der Waals surface area (Å²) >= 11 is 6.98. The number of carboxylic acid groups (broad SMARTS) is 1. The topological polar surface area (TPSA) is 79.3 Å². The van der Waals surface area contributed by atoms with Crippen LogP contribution in [0.15, 0.2) is 24.3 Å². The van der Waals surface area contributed by atoms with E-state index in [0.29, 0.717) is 22.1 Å². The van der Waals surface area contributed by atoms with E-state index in [0.717, 1.165) is 23.3 Å². The highest BCUT2D eigenvalue weighted by molar-refractivity contribution is 7.13. The number of nitrogens with zero attached hydrogens (tertiary/aromatic N) is 1. The first-order chi connectivity index (χ1) is 11.8. The fraction of sp³-hybridized carbons (Fsp3) is 0.389. The van der Waals surface area contributed by atoms with Crippen LogP contribution in [0, 0.1) is 12.8 Å². The molecule has 0 saturated carbocycles. The molecule has 1 amide bonds. The molecular weight excluding hydrogens is 360 g/mol. The molecule has 0 aliphatic heterocycles. The SMILES string of the molecule is Cc1nc(C(C)NC(=O)CC(C)Cc2ccc(Cl)cc2)sc1C(=O)O. The van der Waals surface area contributed by atoms with Gasteiger partial charge in [-0.3, -0.25) is 4.79 Å². The maximum absolute atomic E-state index is 12.2. The number of aromatic nitrogens is 1. The fourth-order valence-corrected chi connectivity index (χ4v) is 3.61. The Morgan fingerprint density at radius 2 is 1.92 bits per heavy atom. The van der Waals surface area contributed by atoms with Gasteiger partial charge < -0.3 is 10.4 Å². The molecular formula is C18H21ClN2O3S. The van der Waals surface area contributed by atoms with E-state index in [9.17, 15) is 9.59 Å². The molecule has 0 aliphatic rings. The zero-order chi connectivity index (χ0) is 18.6. The Morgan fingerprint density at radius 1 is 1.28 bits per heavy atom. The second-order valence-corrected chi connectivity index (χ2v) is 7.67. The smallest absolute Gasteiger partial charge is 0.347 e. The van der Waals surface area contributed by atoms with Crippen LogP contribution < -0.4 is 5.32 Å². The van der Waals surface area contributed by atoms with Gasteiger partial charge in [0.1, 0.15) is 9.88 Å². The van der Waals surface area contributed by atoms with Crippen LogP contribution >= 0.6 is 22.9 Å². The number of hydrogen-bond acceptors (Lipinski definition) is 4. The molecule has 2 unspecified atom stereocenters. The molecule has 25 heavy (non-hydrogen) atoms. The van der Waals surface area contributed by atoms with Crippen molar-refractivity contribution in [3.63, 3.8) is 0 Å². The number of aryl methyl sites for hydroxylation is 1. The van der Waals surface area contributed by atoms with E-state index >= 15 is 0 Å². The minimum Gasteiger partial charge on any atom is -0.477 e. The molecule has 2 aromatic rings. The van der Waals surface area contributed by atoms with Gasteiger partial charge >= 0.3 is 5.97 Å². The number of rotatable bonds is 7. The average Bonchev–Trinajstić information content (AvgIpc) is 2.91. The van der Waals surface area contributed by atoms with Gasteiger partial charge in [-0.15, -0.1) is 11.3 Å². The van der Waals surface area contributed by atoms with Crippen molar-refractivity contribution >= 4 is 34.8 Å². The summed E-state index contributed by atoms with van der Waals surface area (Å²) in [5.41, 5.74) is 1.61. The van der Waals surface area contributed by atoms with Crippen LogP contribution in [-0.2, 0) is 11.2 Å². The zero-order valence-electron chi connectivity index (χ0n) is 14.4. The Hall–Kier alpha value is -1.92. The van der Waals surface area contributed by atoms with E-state index in [2.05, 4.69) is 10.3 Å². The van der Waals surface area contributed by atoms with Crippen molar-refractivity contribution in [2.75, 3.05) is 0 Å². The lowest BCUT2D eigenvalue weighted by Gasteiger charge is -2.15. The number of hydrogen-bond donors (Lipinski definition) is 2. The molecule has 0 saturated heterocycles. The van der Waals surface area contributed by atoms with E-state index < -0.39 is 5.97 Å². The highest BCUT2D eigenvalue weighted by Gasteiger charge is 2.20. The molecule has 0 aliphatic carbocycles. The van der Waals surface area contributed by atoms with Crippen molar-refractivity contribution in [1.82, 2.24) is 10.3 Å². The first kappa shape index (κ1) is 19.4. The van der Waals surface area contributed by atoms with E-state index in [1.165, 1.54) is 0 Å². The number of amides is 1. The van der Waals surface area contributed by atoms with Crippen LogP contribution in [0.3, 0.4) is 0 Å². The van der Waals surface area contributed by atoms with E-state index in [4.69, 9.17) is 16.7 Å². The van der Waals surface area contributed by atoms with Crippen molar-refractivity contribution in [3.8, 4) is 0 Å². The number of carboxylic acids is 1. The molecule has 1 aromatic carbocycles. The number of thiazole rings is 1. The normalized spacial score (nSPS) is 13.3. The van der Waals surface area contributed by atoms with Crippen molar-refractivity contribution < 1.29 is 14.7 Å². The predicted molar refractivity (Wildman–Crippen MR) is 99.3 cm³/mol. The van der Waals surface area contributed by atoms with Gasteiger partial charge in [-0.05, 0) is 43.9 Å². The quantitative estimate of drug-likeness (QED) is 0.752. The molecule has 0 fully saturated rings. The van der Waals surface area contributed by atoms with Gasteiger partial charge in [0.15, 0.2) is 0 Å². The lowest BCUT2D eigenvalue weighted by Crippen LogP contribution is -2.28. The summed E-state index contributed by atoms with van der Waals surface area (Å²) in [6, 6.07) is 7.30. The summed E-state index contributed by atoms with van der Waals surface area (Å²) in [4.78, 5) is 27.8. The van der Waals surface area contributed by atoms with Gasteiger partial charge in [0.25, 0.3) is 0 Å². The third-order valence-corrected chi connectivity index (χ3v) is 5.37. The molecule has 2 atom stereocenters. The van der Waals surface area contributed by atoms with Gasteiger partial charge in [-0.25, -0.2) is 9.78 Å². The molecule has 1 aromatic heterocycles. The minimum absolute atomic E-state index is 0.0707. The average molecular weight is 381 g/mol. The molecule has 0 bridgehead atoms. The first-order valence-electron chi connectivity index (χ1n) is 8.00. The van der Waals surface area contributed by atoms with Crippen LogP contribution in [0.4, 0.5) is 0 Å². The van der Waals surface area contributed by atoms with Gasteiger partial charge in [0, 0.05) is 11.4 Å². The third-order valence-electron chi connectivity index (χ3n) is 3.79. The van der Waals surface area contributed by atoms with Crippen LogP contribution in [0.2, 0.25) is 5.02 Å². The maximum atomic E-state index is 12.2. The Balaban J connectivity index is 1.89. The summed E-state index contributed by atoms with van der Waals surface area (Å²) in [6.45, 7) is 5.49. The number of halogens is 1. The summed E-state index contributed by atoms with van der Waals surface area (Å²) in [6.07, 6.45) is 1.18. The van der Waals surface area contributed by atoms with Crippen LogP contribution in [-0.4, -0.2) is 22.0 Å². The second-order valence-electron chi connectivity index (χ2n) is 6.20. The van der Waals surface area contributed by atoms with Crippen molar-refractivity contribution in [2.45, 2.75) is 39.7 Å². The second kappa shape index (κ2) is 8.45. The summed E-state index contributed by atoms with van der Waals surface area (Å²) in [7, 11) is 0. The molecule has 134 valence electrons. The van der Waals surface area contributed by atoms with E-state index in [-0.39, 0.29) is 22.7 Å². The molecule has 0 spiro atoms. The molecule has 7 heteroatoms. The molecule has 2 rings (SSSR count). The first-order valence-corrected chi connectivity index (χ1v) is 9.20. The van der Waals surface area contributed by atoms with Crippen LogP contribution in [0.25, 0.3) is 0 Å². The number of aromatic carboxylic acids is 1. The van der Waals surface area contributed by atoms with Gasteiger partial charge in [0.2, 0.25) is 5.91 Å². The fourth-order valence-electron chi connectivity index (χ4n) is 2.57. The third kappa shape index (κ3) is 5.54. The molecule has 2 N–H and O–H groups in total. The zero-order valence-corrected chi connectivity index (χ0v) is 15.9. The molecule has 1 heterocycles. The van der Waals surface area contributed by atoms with Crippen molar-refractivity contribution in [1.29, 1.82) is 0 Å². The number of nitrogens with one attached hydrogen (secondary N) is 1. The monoisotopic (exact) mass is 380 g/mol. The minimum atomic E-state index is -0.989. The van der Waals surface area contributed by atoms with E-state index in [1.807, 2.05) is 38.1 Å². The molecule has 5 nitrogen and oxygen atoms in total. The van der Waals surface area contributed by atoms with Crippen molar-refractivity contribution in [3.05, 3.63) is 50.4 Å². The Morgan fingerprint density at radius 3 is 2.48 bits per heavy atom. The van der Waals surface area contributed by atoms with Gasteiger partial charge in [0.05, 0.1) is 11.7 Å². The Kier molecular flexibility index (Phi) is 6.56. The van der Waals surface area contributed by atoms with E-state index in [1.54, 1.807) is 6.92 Å². The number of benzene rings is 1. The summed E-state index contributed by atoms with van der Waals surface area (Å²) in [5, 5.41) is 13.3. The Bertz CT molecular complexity index is 758. The number of carbonyl (C=O) groups excluding carboxylic acids is 1. The molecule has 0 radical (unpaired) electrons. The Labute approximate surface area is 156 Å².